The fourth-order valence-corrected chi connectivity index (χ4v) is 6.70. The Morgan fingerprint density at radius 2 is 1.87 bits per heavy atom. The van der Waals surface area contributed by atoms with Gasteiger partial charge in [0.15, 0.2) is 34.7 Å². The van der Waals surface area contributed by atoms with Crippen LogP contribution in [0, 0.1) is 23.7 Å². The van der Waals surface area contributed by atoms with Gasteiger partial charge in [0, 0.05) is 23.9 Å². The van der Waals surface area contributed by atoms with Crippen LogP contribution in [-0.4, -0.2) is 74.9 Å². The average Bonchev–Trinajstić information content (AvgIpc) is 2.86. The highest BCUT2D eigenvalue weighted by molar-refractivity contribution is 6.32. The molecule has 0 aliphatic heterocycles. The van der Waals surface area contributed by atoms with Crippen LogP contribution in [-0.2, 0) is 32.0 Å². The van der Waals surface area contributed by atoms with Crippen molar-refractivity contribution in [1.29, 1.82) is 0 Å². The Bertz CT molecular complexity index is 1420. The van der Waals surface area contributed by atoms with Crippen molar-refractivity contribution in [3.05, 3.63) is 47.3 Å². The quantitative estimate of drug-likeness (QED) is 0.487. The summed E-state index contributed by atoms with van der Waals surface area (Å²) in [7, 11) is 3.11. The van der Waals surface area contributed by atoms with Gasteiger partial charge in [-0.2, -0.15) is 0 Å². The number of nitrogens with zero attached hydrogens (tertiary/aromatic N) is 2. The van der Waals surface area contributed by atoms with Gasteiger partial charge in [-0.25, -0.2) is 0 Å². The van der Waals surface area contributed by atoms with Crippen LogP contribution >= 0.6 is 0 Å². The number of phenolic OH excluding ortho intramolecular Hbond substituents is 1. The molecule has 2 saturated carbocycles. The molecule has 1 aromatic carbocycles. The van der Waals surface area contributed by atoms with Crippen LogP contribution in [0.5, 0.6) is 5.75 Å². The zero-order valence-corrected chi connectivity index (χ0v) is 21.3. The number of fused-ring (bicyclic) bond motifs is 3. The molecule has 10 heteroatoms. The van der Waals surface area contributed by atoms with Crippen molar-refractivity contribution in [1.82, 2.24) is 9.88 Å². The van der Waals surface area contributed by atoms with Gasteiger partial charge in [-0.05, 0) is 68.1 Å². The number of phenols is 1. The van der Waals surface area contributed by atoms with E-state index >= 15 is 0 Å². The summed E-state index contributed by atoms with van der Waals surface area (Å²) in [5.74, 6) is -10.6. The number of pyridine rings is 1. The fourth-order valence-electron chi connectivity index (χ4n) is 6.70. The standard InChI is InChI=1S/C28H29N3O7/c1-4-12-7-14(11-30-10-12)15-5-6-18(32)20-16(15)8-13-9-17-22(31(2)3)24(34)21(27(29)37)26(36)28(17,38)25(35)19(13)23(20)33/h5-7,10-11,13,17,19,21-22,32,38H,4,8-9H2,1-3H3,(H2,29,37). The number of ketones is 4. The number of hydrogen-bond acceptors (Lipinski definition) is 9. The molecule has 0 spiro atoms. The molecule has 1 heterocycles. The second kappa shape index (κ2) is 8.92. The van der Waals surface area contributed by atoms with Crippen molar-refractivity contribution in [3.63, 3.8) is 0 Å². The van der Waals surface area contributed by atoms with Crippen molar-refractivity contribution >= 4 is 29.0 Å². The van der Waals surface area contributed by atoms with E-state index in [1.54, 1.807) is 32.6 Å². The Morgan fingerprint density at radius 3 is 2.50 bits per heavy atom. The average molecular weight is 520 g/mol. The fraction of sp³-hybridized carbons (Fsp3) is 0.429. The van der Waals surface area contributed by atoms with Crippen LogP contribution in [0.2, 0.25) is 0 Å². The summed E-state index contributed by atoms with van der Waals surface area (Å²) in [6, 6.07) is 3.90. The maximum Gasteiger partial charge on any atom is 0.235 e. The van der Waals surface area contributed by atoms with Gasteiger partial charge in [-0.15, -0.1) is 0 Å². The molecular formula is C28H29N3O7. The summed E-state index contributed by atoms with van der Waals surface area (Å²) in [4.78, 5) is 72.0. The van der Waals surface area contributed by atoms with Crippen LogP contribution in [0.15, 0.2) is 30.6 Å². The second-order valence-corrected chi connectivity index (χ2v) is 10.7. The lowest BCUT2D eigenvalue weighted by molar-refractivity contribution is -0.181. The van der Waals surface area contributed by atoms with E-state index in [1.165, 1.54) is 11.0 Å². The van der Waals surface area contributed by atoms with Crippen LogP contribution in [0.4, 0.5) is 0 Å². The number of Topliss-reactive ketones (excluding diaryl/α,β-unsaturated/α-hetero) is 4. The van der Waals surface area contributed by atoms with Gasteiger partial charge in [0.25, 0.3) is 0 Å². The molecule has 6 unspecified atom stereocenters. The van der Waals surface area contributed by atoms with Crippen molar-refractivity contribution in [2.24, 2.45) is 29.4 Å². The van der Waals surface area contributed by atoms with Gasteiger partial charge < -0.3 is 15.9 Å². The molecule has 2 aromatic rings. The maximum atomic E-state index is 13.9. The van der Waals surface area contributed by atoms with E-state index in [0.717, 1.165) is 17.5 Å². The monoisotopic (exact) mass is 519 g/mol. The molecule has 38 heavy (non-hydrogen) atoms. The Balaban J connectivity index is 1.66. The van der Waals surface area contributed by atoms with Gasteiger partial charge in [0.2, 0.25) is 5.91 Å². The molecule has 3 aliphatic rings. The third-order valence-corrected chi connectivity index (χ3v) is 8.46. The molecule has 0 bridgehead atoms. The van der Waals surface area contributed by atoms with Gasteiger partial charge in [0.1, 0.15) is 5.75 Å². The number of primary amides is 1. The molecule has 1 aromatic heterocycles. The normalized spacial score (nSPS) is 30.6. The third kappa shape index (κ3) is 3.47. The molecular weight excluding hydrogens is 490 g/mol. The molecule has 10 nitrogen and oxygen atoms in total. The lowest BCUT2D eigenvalue weighted by atomic mass is 9.52. The smallest absolute Gasteiger partial charge is 0.235 e. The summed E-state index contributed by atoms with van der Waals surface area (Å²) in [6.07, 6.45) is 4.37. The number of rotatable bonds is 4. The second-order valence-electron chi connectivity index (χ2n) is 10.7. The van der Waals surface area contributed by atoms with E-state index in [0.29, 0.717) is 11.1 Å². The number of amides is 1. The van der Waals surface area contributed by atoms with Crippen LogP contribution in [0.3, 0.4) is 0 Å². The topological polar surface area (TPSA) is 168 Å². The largest absolute Gasteiger partial charge is 0.507 e. The zero-order valence-electron chi connectivity index (χ0n) is 21.3. The number of likely N-dealkylation sites (N-methyl/N-ethyl adjacent to an activating group) is 1. The summed E-state index contributed by atoms with van der Waals surface area (Å²) in [5, 5.41) is 22.3. The summed E-state index contributed by atoms with van der Waals surface area (Å²) in [5.41, 5.74) is 5.56. The molecule has 1 amide bonds. The summed E-state index contributed by atoms with van der Waals surface area (Å²) < 4.78 is 0. The number of aliphatic hydroxyl groups is 1. The van der Waals surface area contributed by atoms with Crippen LogP contribution in [0.1, 0.15) is 34.8 Å². The number of carbonyl (C=O) groups is 5. The van der Waals surface area contributed by atoms with E-state index in [1.807, 2.05) is 13.0 Å². The minimum absolute atomic E-state index is 0.00619. The third-order valence-electron chi connectivity index (χ3n) is 8.46. The number of hydrogen-bond donors (Lipinski definition) is 3. The molecule has 6 atom stereocenters. The van der Waals surface area contributed by atoms with Gasteiger partial charge >= 0.3 is 0 Å². The highest BCUT2D eigenvalue weighted by atomic mass is 16.3. The molecule has 0 radical (unpaired) electrons. The van der Waals surface area contributed by atoms with Gasteiger partial charge in [-0.1, -0.05) is 13.0 Å². The van der Waals surface area contributed by atoms with E-state index in [2.05, 4.69) is 4.98 Å². The first kappa shape index (κ1) is 25.9. The van der Waals surface area contributed by atoms with Gasteiger partial charge in [0.05, 0.1) is 17.5 Å². The lowest BCUT2D eigenvalue weighted by Crippen LogP contribution is -2.74. The minimum Gasteiger partial charge on any atom is -0.507 e. The first-order valence-electron chi connectivity index (χ1n) is 12.6. The highest BCUT2D eigenvalue weighted by Crippen LogP contribution is 2.51. The molecule has 5 rings (SSSR count). The van der Waals surface area contributed by atoms with Crippen molar-refractivity contribution < 1.29 is 34.2 Å². The molecule has 2 fully saturated rings. The van der Waals surface area contributed by atoms with Crippen molar-refractivity contribution in [3.8, 4) is 16.9 Å². The van der Waals surface area contributed by atoms with Gasteiger partial charge in [-0.3, -0.25) is 33.9 Å². The predicted molar refractivity (Wildman–Crippen MR) is 134 cm³/mol. The number of aromatic nitrogens is 1. The number of nitrogens with two attached hydrogens (primary N) is 1. The first-order valence-corrected chi connectivity index (χ1v) is 12.6. The Morgan fingerprint density at radius 1 is 1.16 bits per heavy atom. The Labute approximate surface area is 218 Å². The van der Waals surface area contributed by atoms with Crippen molar-refractivity contribution in [2.45, 2.75) is 37.8 Å². The number of benzene rings is 1. The first-order chi connectivity index (χ1) is 17.9. The van der Waals surface area contributed by atoms with E-state index in [4.69, 9.17) is 5.73 Å². The number of aryl methyl sites for hydroxylation is 1. The SMILES string of the molecule is CCc1cncc(-c2ccc(O)c3c2CC2CC4C(N(C)C)C(=O)C(C(N)=O)C(=O)C4(O)C(=O)C2C3=O)c1. The van der Waals surface area contributed by atoms with E-state index in [-0.39, 0.29) is 24.2 Å². The summed E-state index contributed by atoms with van der Waals surface area (Å²) >= 11 is 0. The molecule has 0 saturated heterocycles. The van der Waals surface area contributed by atoms with Crippen LogP contribution in [0.25, 0.3) is 11.1 Å². The number of carbonyl (C=O) groups excluding carboxylic acids is 5. The zero-order chi connectivity index (χ0) is 27.7. The highest BCUT2D eigenvalue weighted by Gasteiger charge is 2.69. The van der Waals surface area contributed by atoms with E-state index < -0.39 is 64.4 Å². The van der Waals surface area contributed by atoms with E-state index in [9.17, 15) is 34.2 Å². The van der Waals surface area contributed by atoms with Crippen molar-refractivity contribution in [2.75, 3.05) is 14.1 Å². The lowest BCUT2D eigenvalue weighted by Gasteiger charge is -2.52. The minimum atomic E-state index is -2.73. The maximum absolute atomic E-state index is 13.9. The molecule has 198 valence electrons. The molecule has 4 N–H and O–H groups in total. The predicted octanol–water partition coefficient (Wildman–Crippen LogP) is 0.491. The van der Waals surface area contributed by atoms with Crippen LogP contribution < -0.4 is 5.73 Å². The Kier molecular flexibility index (Phi) is 6.07. The summed E-state index contributed by atoms with van der Waals surface area (Å²) in [6.45, 7) is 1.99. The molecule has 3 aliphatic carbocycles. The number of aromatic hydroxyl groups is 1. The Hall–Kier alpha value is -3.76.